The van der Waals surface area contributed by atoms with Crippen molar-refractivity contribution in [2.24, 2.45) is 0 Å². The van der Waals surface area contributed by atoms with E-state index in [1.807, 2.05) is 32.9 Å². The molecule has 3 aromatic rings. The van der Waals surface area contributed by atoms with Crippen LogP contribution >= 0.6 is 11.6 Å². The minimum Gasteiger partial charge on any atom is -0.497 e. The molecule has 0 saturated heterocycles. The van der Waals surface area contributed by atoms with E-state index in [1.165, 1.54) is 17.0 Å². The van der Waals surface area contributed by atoms with Gasteiger partial charge in [-0.25, -0.2) is 8.42 Å². The van der Waals surface area contributed by atoms with E-state index in [9.17, 15) is 18.0 Å². The second-order valence-corrected chi connectivity index (χ2v) is 12.1. The first kappa shape index (κ1) is 32.0. The van der Waals surface area contributed by atoms with Gasteiger partial charge in [0.1, 0.15) is 18.3 Å². The Labute approximate surface area is 248 Å². The summed E-state index contributed by atoms with van der Waals surface area (Å²) in [7, 11) is -2.60. The van der Waals surface area contributed by atoms with Crippen molar-refractivity contribution >= 4 is 39.1 Å². The highest BCUT2D eigenvalue weighted by Gasteiger charge is 2.34. The second-order valence-electron chi connectivity index (χ2n) is 9.82. The van der Waals surface area contributed by atoms with Crippen molar-refractivity contribution in [1.82, 2.24) is 10.2 Å². The first-order valence-corrected chi connectivity index (χ1v) is 15.4. The number of rotatable bonds is 13. The summed E-state index contributed by atoms with van der Waals surface area (Å²) in [6.07, 6.45) is 1.07. The molecule has 0 radical (unpaired) electrons. The number of halogens is 1. The SMILES string of the molecule is CC[C@@H](C)NC(=O)[C@@H](CC)N(Cc1ccc(OC)cc1)C(=O)CN(c1cccc(Cl)c1C)S(=O)(=O)c1ccccc1. The van der Waals surface area contributed by atoms with E-state index < -0.39 is 28.5 Å². The third-order valence-corrected chi connectivity index (χ3v) is 9.20. The summed E-state index contributed by atoms with van der Waals surface area (Å²) in [5, 5.41) is 3.35. The van der Waals surface area contributed by atoms with Crippen LogP contribution < -0.4 is 14.4 Å². The van der Waals surface area contributed by atoms with Gasteiger partial charge in [0.25, 0.3) is 10.0 Å². The Balaban J connectivity index is 2.08. The van der Waals surface area contributed by atoms with E-state index in [4.69, 9.17) is 16.3 Å². The van der Waals surface area contributed by atoms with Gasteiger partial charge in [0.05, 0.1) is 17.7 Å². The van der Waals surface area contributed by atoms with Gasteiger partial charge >= 0.3 is 0 Å². The quantitative estimate of drug-likeness (QED) is 0.277. The van der Waals surface area contributed by atoms with E-state index in [0.717, 1.165) is 16.3 Å². The fourth-order valence-electron chi connectivity index (χ4n) is 4.39. The van der Waals surface area contributed by atoms with E-state index in [2.05, 4.69) is 5.32 Å². The highest BCUT2D eigenvalue weighted by atomic mass is 35.5. The summed E-state index contributed by atoms with van der Waals surface area (Å²) >= 11 is 6.38. The molecule has 0 bridgehead atoms. The van der Waals surface area contributed by atoms with Crippen molar-refractivity contribution in [3.63, 3.8) is 0 Å². The average molecular weight is 600 g/mol. The van der Waals surface area contributed by atoms with Crippen LogP contribution in [0.15, 0.2) is 77.7 Å². The smallest absolute Gasteiger partial charge is 0.264 e. The number of nitrogens with zero attached hydrogens (tertiary/aromatic N) is 2. The summed E-state index contributed by atoms with van der Waals surface area (Å²) in [4.78, 5) is 29.0. The first-order valence-electron chi connectivity index (χ1n) is 13.6. The fourth-order valence-corrected chi connectivity index (χ4v) is 6.05. The molecule has 10 heteroatoms. The van der Waals surface area contributed by atoms with Crippen molar-refractivity contribution < 1.29 is 22.7 Å². The molecule has 0 aromatic heterocycles. The van der Waals surface area contributed by atoms with Gasteiger partial charge in [-0.15, -0.1) is 0 Å². The maximum Gasteiger partial charge on any atom is 0.264 e. The van der Waals surface area contributed by atoms with Crippen molar-refractivity contribution in [3.05, 3.63) is 88.9 Å². The lowest BCUT2D eigenvalue weighted by molar-refractivity contribution is -0.140. The van der Waals surface area contributed by atoms with Crippen LogP contribution in [0, 0.1) is 6.92 Å². The predicted molar refractivity (Wildman–Crippen MR) is 163 cm³/mol. The molecule has 0 aliphatic rings. The van der Waals surface area contributed by atoms with Crippen molar-refractivity contribution in [3.8, 4) is 5.75 Å². The summed E-state index contributed by atoms with van der Waals surface area (Å²) in [6.45, 7) is 6.97. The number of sulfonamides is 1. The molecule has 0 aliphatic carbocycles. The van der Waals surface area contributed by atoms with Gasteiger partial charge in [-0.3, -0.25) is 13.9 Å². The molecule has 0 aliphatic heterocycles. The topological polar surface area (TPSA) is 96.0 Å². The molecule has 3 rings (SSSR count). The Kier molecular flexibility index (Phi) is 11.2. The monoisotopic (exact) mass is 599 g/mol. The van der Waals surface area contributed by atoms with Gasteiger partial charge in [0.2, 0.25) is 11.8 Å². The molecule has 2 atom stereocenters. The van der Waals surface area contributed by atoms with Crippen molar-refractivity contribution in [1.29, 1.82) is 0 Å². The number of hydrogen-bond donors (Lipinski definition) is 1. The minimum atomic E-state index is -4.17. The zero-order valence-electron chi connectivity index (χ0n) is 24.1. The van der Waals surface area contributed by atoms with Gasteiger partial charge < -0.3 is 15.0 Å². The Hall–Kier alpha value is -3.56. The number of hydrogen-bond acceptors (Lipinski definition) is 5. The molecule has 220 valence electrons. The van der Waals surface area contributed by atoms with E-state index in [1.54, 1.807) is 62.6 Å². The largest absolute Gasteiger partial charge is 0.497 e. The van der Waals surface area contributed by atoms with Crippen LogP contribution in [0.2, 0.25) is 5.02 Å². The number of carbonyl (C=O) groups excluding carboxylic acids is 2. The standard InChI is InChI=1S/C31H38ClN3O5S/c1-6-22(3)33-31(37)28(7-2)34(20-24-16-18-25(40-5)19-17-24)30(36)21-35(29-15-11-14-27(32)23(29)4)41(38,39)26-12-9-8-10-13-26/h8-19,22,28H,6-7,20-21H2,1-5H3,(H,33,37)/t22-,28-/m1/s1. The number of amides is 2. The lowest BCUT2D eigenvalue weighted by Crippen LogP contribution is -2.53. The van der Waals surface area contributed by atoms with Gasteiger partial charge in [-0.05, 0) is 74.2 Å². The van der Waals surface area contributed by atoms with Crippen LogP contribution in [0.1, 0.15) is 44.7 Å². The highest BCUT2D eigenvalue weighted by molar-refractivity contribution is 7.92. The Bertz CT molecular complexity index is 1430. The van der Waals surface area contributed by atoms with Gasteiger partial charge in [0, 0.05) is 17.6 Å². The number of benzene rings is 3. The molecule has 0 spiro atoms. The molecule has 8 nitrogen and oxygen atoms in total. The fraction of sp³-hybridized carbons (Fsp3) is 0.355. The summed E-state index contributed by atoms with van der Waals surface area (Å²) in [5.74, 6) is -0.157. The van der Waals surface area contributed by atoms with Crippen LogP contribution in [-0.4, -0.2) is 50.9 Å². The molecule has 41 heavy (non-hydrogen) atoms. The van der Waals surface area contributed by atoms with Crippen LogP contribution in [0.5, 0.6) is 5.75 Å². The number of nitrogens with one attached hydrogen (secondary N) is 1. The molecule has 0 unspecified atom stereocenters. The molecule has 2 amide bonds. The van der Waals surface area contributed by atoms with Crippen molar-refractivity contribution in [2.75, 3.05) is 18.0 Å². The van der Waals surface area contributed by atoms with Crippen molar-refractivity contribution in [2.45, 2.75) is 64.1 Å². The van der Waals surface area contributed by atoms with Crippen LogP contribution in [0.25, 0.3) is 0 Å². The van der Waals surface area contributed by atoms with Crippen LogP contribution in [0.3, 0.4) is 0 Å². The third-order valence-electron chi connectivity index (χ3n) is 7.02. The lowest BCUT2D eigenvalue weighted by Gasteiger charge is -2.34. The summed E-state index contributed by atoms with van der Waals surface area (Å²) in [5.41, 5.74) is 1.58. The first-order chi connectivity index (χ1) is 19.5. The Morgan fingerprint density at radius 3 is 2.20 bits per heavy atom. The maximum absolute atomic E-state index is 14.2. The number of ether oxygens (including phenoxy) is 1. The van der Waals surface area contributed by atoms with Crippen LogP contribution in [-0.2, 0) is 26.2 Å². The molecule has 0 heterocycles. The average Bonchev–Trinajstić information content (AvgIpc) is 2.97. The summed E-state index contributed by atoms with van der Waals surface area (Å²) in [6, 6.07) is 19.2. The lowest BCUT2D eigenvalue weighted by atomic mass is 10.1. The zero-order chi connectivity index (χ0) is 30.2. The molecule has 0 fully saturated rings. The Morgan fingerprint density at radius 1 is 0.951 bits per heavy atom. The van der Waals surface area contributed by atoms with Crippen LogP contribution in [0.4, 0.5) is 5.69 Å². The number of carbonyl (C=O) groups is 2. The van der Waals surface area contributed by atoms with E-state index in [-0.39, 0.29) is 29.1 Å². The number of methoxy groups -OCH3 is 1. The maximum atomic E-state index is 14.2. The molecular weight excluding hydrogens is 562 g/mol. The number of anilines is 1. The van der Waals surface area contributed by atoms with Gasteiger partial charge in [-0.2, -0.15) is 0 Å². The Morgan fingerprint density at radius 2 is 1.61 bits per heavy atom. The molecule has 0 saturated carbocycles. The second kappa shape index (κ2) is 14.4. The van der Waals surface area contributed by atoms with E-state index >= 15 is 0 Å². The van der Waals surface area contributed by atoms with Gasteiger partial charge in [-0.1, -0.05) is 61.8 Å². The minimum absolute atomic E-state index is 0.0374. The normalized spacial score (nSPS) is 12.7. The highest BCUT2D eigenvalue weighted by Crippen LogP contribution is 2.31. The summed E-state index contributed by atoms with van der Waals surface area (Å²) < 4.78 is 34.3. The zero-order valence-corrected chi connectivity index (χ0v) is 25.7. The predicted octanol–water partition coefficient (Wildman–Crippen LogP) is 5.57. The molecular formula is C31H38ClN3O5S. The third kappa shape index (κ3) is 7.80. The van der Waals surface area contributed by atoms with E-state index in [0.29, 0.717) is 22.8 Å². The van der Waals surface area contributed by atoms with Gasteiger partial charge in [0.15, 0.2) is 0 Å². The molecule has 1 N–H and O–H groups in total. The molecule has 3 aromatic carbocycles.